The molecule has 1 heterocycles. The van der Waals surface area contributed by atoms with Crippen LogP contribution in [0.2, 0.25) is 0 Å². The molecule has 0 bridgehead atoms. The van der Waals surface area contributed by atoms with Crippen LogP contribution in [-0.4, -0.2) is 54.5 Å². The monoisotopic (exact) mass is 466 g/mol. The molecule has 1 aromatic rings. The first-order valence-corrected chi connectivity index (χ1v) is 8.80. The van der Waals surface area contributed by atoms with Gasteiger partial charge >= 0.3 is 0 Å². The number of guanidine groups is 1. The van der Waals surface area contributed by atoms with Crippen LogP contribution in [0.15, 0.2) is 23.2 Å². The summed E-state index contributed by atoms with van der Waals surface area (Å²) in [6.45, 7) is 11.2. The molecule has 1 saturated heterocycles. The Labute approximate surface area is 166 Å². The van der Waals surface area contributed by atoms with Crippen molar-refractivity contribution in [3.8, 4) is 0 Å². The highest BCUT2D eigenvalue weighted by Crippen LogP contribution is 2.16. The summed E-state index contributed by atoms with van der Waals surface area (Å²) in [7, 11) is 0. The number of nitrogens with zero attached hydrogens (tertiary/aromatic N) is 3. The Morgan fingerprint density at radius 1 is 1.28 bits per heavy atom. The fourth-order valence-electron chi connectivity index (χ4n) is 3.22. The SMILES string of the molecule is CCNC(=NCc1cc(F)ccc1F)N1CCC(N(CC)CC)C1.I. The van der Waals surface area contributed by atoms with Crippen LogP contribution in [0.25, 0.3) is 0 Å². The van der Waals surface area contributed by atoms with E-state index >= 15 is 0 Å². The van der Waals surface area contributed by atoms with Crippen LogP contribution >= 0.6 is 24.0 Å². The van der Waals surface area contributed by atoms with Gasteiger partial charge in [0.25, 0.3) is 0 Å². The van der Waals surface area contributed by atoms with E-state index in [0.717, 1.165) is 57.2 Å². The van der Waals surface area contributed by atoms with Crippen LogP contribution in [0.3, 0.4) is 0 Å². The molecule has 0 saturated carbocycles. The largest absolute Gasteiger partial charge is 0.357 e. The number of halogens is 3. The topological polar surface area (TPSA) is 30.9 Å². The number of benzene rings is 1. The molecule has 1 unspecified atom stereocenters. The summed E-state index contributed by atoms with van der Waals surface area (Å²) in [6, 6.07) is 4.02. The molecule has 142 valence electrons. The molecular formula is C18H29F2IN4. The van der Waals surface area contributed by atoms with Crippen LogP contribution in [-0.2, 0) is 6.54 Å². The second-order valence-electron chi connectivity index (χ2n) is 6.02. The zero-order valence-corrected chi connectivity index (χ0v) is 17.6. The van der Waals surface area contributed by atoms with Gasteiger partial charge in [-0.05, 0) is 44.6 Å². The van der Waals surface area contributed by atoms with E-state index in [1.54, 1.807) is 0 Å². The summed E-state index contributed by atoms with van der Waals surface area (Å²) in [5.74, 6) is -0.0800. The normalized spacial score (nSPS) is 17.8. The zero-order valence-electron chi connectivity index (χ0n) is 15.3. The average Bonchev–Trinajstić information content (AvgIpc) is 3.05. The maximum atomic E-state index is 13.8. The molecule has 0 spiro atoms. The van der Waals surface area contributed by atoms with Crippen molar-refractivity contribution in [3.05, 3.63) is 35.4 Å². The molecular weight excluding hydrogens is 437 g/mol. The van der Waals surface area contributed by atoms with Gasteiger partial charge < -0.3 is 10.2 Å². The van der Waals surface area contributed by atoms with Crippen molar-refractivity contribution in [2.75, 3.05) is 32.7 Å². The van der Waals surface area contributed by atoms with E-state index in [9.17, 15) is 8.78 Å². The molecule has 0 aliphatic carbocycles. The van der Waals surface area contributed by atoms with Gasteiger partial charge in [0.05, 0.1) is 6.54 Å². The van der Waals surface area contributed by atoms with Crippen LogP contribution in [0, 0.1) is 11.6 Å². The molecule has 1 aliphatic heterocycles. The molecule has 25 heavy (non-hydrogen) atoms. The van der Waals surface area contributed by atoms with Crippen LogP contribution in [0.5, 0.6) is 0 Å². The first-order chi connectivity index (χ1) is 11.6. The quantitative estimate of drug-likeness (QED) is 0.396. The summed E-state index contributed by atoms with van der Waals surface area (Å²) in [4.78, 5) is 9.19. The van der Waals surface area contributed by atoms with E-state index in [4.69, 9.17) is 0 Å². The standard InChI is InChI=1S/C18H28F2N4.HI/c1-4-21-18(22-12-14-11-15(19)7-8-17(14)20)24-10-9-16(13-24)23(5-2)6-3;/h7-8,11,16H,4-6,9-10,12-13H2,1-3H3,(H,21,22);1H. The Balaban J connectivity index is 0.00000312. The Hall–Kier alpha value is -0.960. The van der Waals surface area contributed by atoms with Crippen molar-refractivity contribution >= 4 is 29.9 Å². The Morgan fingerprint density at radius 2 is 2.00 bits per heavy atom. The number of likely N-dealkylation sites (tertiary alicyclic amines) is 1. The van der Waals surface area contributed by atoms with Crippen molar-refractivity contribution in [2.24, 2.45) is 4.99 Å². The smallest absolute Gasteiger partial charge is 0.194 e. The van der Waals surface area contributed by atoms with E-state index in [1.807, 2.05) is 6.92 Å². The maximum Gasteiger partial charge on any atom is 0.194 e. The van der Waals surface area contributed by atoms with Gasteiger partial charge in [0, 0.05) is 31.2 Å². The number of likely N-dealkylation sites (N-methyl/N-ethyl adjacent to an activating group) is 1. The predicted molar refractivity (Wildman–Crippen MR) is 109 cm³/mol. The minimum atomic E-state index is -0.436. The molecule has 2 rings (SSSR count). The number of hydrogen-bond acceptors (Lipinski definition) is 2. The number of hydrogen-bond donors (Lipinski definition) is 1. The third-order valence-corrected chi connectivity index (χ3v) is 4.53. The van der Waals surface area contributed by atoms with Gasteiger partial charge in [0.2, 0.25) is 0 Å². The van der Waals surface area contributed by atoms with Gasteiger partial charge in [-0.15, -0.1) is 24.0 Å². The zero-order chi connectivity index (χ0) is 17.5. The molecule has 1 atom stereocenters. The summed E-state index contributed by atoms with van der Waals surface area (Å²) >= 11 is 0. The Kier molecular flexibility index (Phi) is 9.63. The van der Waals surface area contributed by atoms with Crippen molar-refractivity contribution in [2.45, 2.75) is 39.8 Å². The lowest BCUT2D eigenvalue weighted by Crippen LogP contribution is -2.43. The van der Waals surface area contributed by atoms with E-state index in [1.165, 1.54) is 6.07 Å². The first kappa shape index (κ1) is 22.1. The number of rotatable bonds is 6. The summed E-state index contributed by atoms with van der Waals surface area (Å²) in [6.07, 6.45) is 1.10. The van der Waals surface area contributed by atoms with E-state index in [2.05, 4.69) is 34.0 Å². The second-order valence-corrected chi connectivity index (χ2v) is 6.02. The lowest BCUT2D eigenvalue weighted by atomic mass is 10.2. The van der Waals surface area contributed by atoms with E-state index in [-0.39, 0.29) is 36.1 Å². The highest BCUT2D eigenvalue weighted by Gasteiger charge is 2.27. The van der Waals surface area contributed by atoms with Gasteiger partial charge in [-0.2, -0.15) is 0 Å². The predicted octanol–water partition coefficient (Wildman–Crippen LogP) is 3.46. The molecule has 0 radical (unpaired) electrons. The minimum absolute atomic E-state index is 0. The van der Waals surface area contributed by atoms with Crippen LogP contribution in [0.1, 0.15) is 32.8 Å². The van der Waals surface area contributed by atoms with Gasteiger partial charge in [0.15, 0.2) is 5.96 Å². The molecule has 1 aliphatic rings. The lowest BCUT2D eigenvalue weighted by molar-refractivity contribution is 0.223. The third kappa shape index (κ3) is 6.06. The third-order valence-electron chi connectivity index (χ3n) is 4.53. The molecule has 0 amide bonds. The van der Waals surface area contributed by atoms with E-state index in [0.29, 0.717) is 6.04 Å². The fraction of sp³-hybridized carbons (Fsp3) is 0.611. The highest BCUT2D eigenvalue weighted by molar-refractivity contribution is 14.0. The molecule has 0 aromatic heterocycles. The average molecular weight is 466 g/mol. The van der Waals surface area contributed by atoms with Crippen LogP contribution < -0.4 is 5.32 Å². The molecule has 1 N–H and O–H groups in total. The molecule has 4 nitrogen and oxygen atoms in total. The van der Waals surface area contributed by atoms with Gasteiger partial charge in [-0.3, -0.25) is 4.90 Å². The Morgan fingerprint density at radius 3 is 2.64 bits per heavy atom. The number of nitrogens with one attached hydrogen (secondary N) is 1. The van der Waals surface area contributed by atoms with Crippen LogP contribution in [0.4, 0.5) is 8.78 Å². The van der Waals surface area contributed by atoms with Crippen molar-refractivity contribution in [3.63, 3.8) is 0 Å². The second kappa shape index (κ2) is 10.9. The minimum Gasteiger partial charge on any atom is -0.357 e. The van der Waals surface area contributed by atoms with Crippen molar-refractivity contribution in [1.82, 2.24) is 15.1 Å². The van der Waals surface area contributed by atoms with Gasteiger partial charge in [-0.1, -0.05) is 13.8 Å². The summed E-state index contributed by atoms with van der Waals surface area (Å²) in [5, 5.41) is 3.27. The fourth-order valence-corrected chi connectivity index (χ4v) is 3.22. The van der Waals surface area contributed by atoms with E-state index < -0.39 is 11.6 Å². The van der Waals surface area contributed by atoms with Gasteiger partial charge in [0.1, 0.15) is 11.6 Å². The summed E-state index contributed by atoms with van der Waals surface area (Å²) in [5.41, 5.74) is 0.282. The Bertz CT molecular complexity index is 564. The molecule has 1 fully saturated rings. The highest BCUT2D eigenvalue weighted by atomic mass is 127. The number of aliphatic imine (C=N–C) groups is 1. The van der Waals surface area contributed by atoms with Gasteiger partial charge in [-0.25, -0.2) is 13.8 Å². The van der Waals surface area contributed by atoms with Crippen molar-refractivity contribution in [1.29, 1.82) is 0 Å². The first-order valence-electron chi connectivity index (χ1n) is 8.80. The molecule has 7 heteroatoms. The summed E-state index contributed by atoms with van der Waals surface area (Å²) < 4.78 is 27.1. The lowest BCUT2D eigenvalue weighted by Gasteiger charge is -2.27. The molecule has 1 aromatic carbocycles. The van der Waals surface area contributed by atoms with Crippen molar-refractivity contribution < 1.29 is 8.78 Å². The maximum absolute atomic E-state index is 13.8.